The molecule has 1 amide bonds. The molecule has 1 aromatic carbocycles. The van der Waals surface area contributed by atoms with Gasteiger partial charge in [-0.25, -0.2) is 10.1 Å². The molecule has 1 fully saturated rings. The van der Waals surface area contributed by atoms with Crippen LogP contribution in [0.3, 0.4) is 0 Å². The molecule has 0 saturated carbocycles. The molecule has 1 aliphatic rings. The average Bonchev–Trinajstić information content (AvgIpc) is 3.04. The Hall–Kier alpha value is -2.48. The van der Waals surface area contributed by atoms with Gasteiger partial charge in [0.15, 0.2) is 5.03 Å². The number of carbonyl (C=O) groups is 1. The molecule has 0 aliphatic carbocycles. The Labute approximate surface area is 127 Å². The van der Waals surface area contributed by atoms with Gasteiger partial charge in [0.1, 0.15) is 5.10 Å². The summed E-state index contributed by atoms with van der Waals surface area (Å²) in [6.07, 6.45) is 0.884. The van der Waals surface area contributed by atoms with Crippen LogP contribution in [0.5, 0.6) is 0 Å². The van der Waals surface area contributed by atoms with Crippen molar-refractivity contribution in [1.29, 1.82) is 0 Å². The van der Waals surface area contributed by atoms with Crippen molar-refractivity contribution in [2.75, 3.05) is 26.8 Å². The Bertz CT molecular complexity index is 555. The van der Waals surface area contributed by atoms with Gasteiger partial charge in [-0.1, -0.05) is 18.2 Å². The monoisotopic (exact) mass is 306 g/mol. The number of benzene rings is 1. The number of carbonyl (C=O) groups excluding carboxylic acids is 1. The van der Waals surface area contributed by atoms with Crippen LogP contribution < -0.4 is 5.32 Å². The Morgan fingerprint density at radius 2 is 2.23 bits per heavy atom. The number of hydrogen-bond acceptors (Lipinski definition) is 4. The van der Waals surface area contributed by atoms with E-state index in [-0.39, 0.29) is 17.8 Å². The predicted molar refractivity (Wildman–Crippen MR) is 79.9 cm³/mol. The van der Waals surface area contributed by atoms with E-state index in [9.17, 15) is 14.9 Å². The van der Waals surface area contributed by atoms with E-state index >= 15 is 0 Å². The Balaban J connectivity index is 2.07. The van der Waals surface area contributed by atoms with Gasteiger partial charge in [0.2, 0.25) is 0 Å². The molecule has 0 spiro atoms. The molecule has 1 aliphatic heterocycles. The zero-order valence-electron chi connectivity index (χ0n) is 12.3. The first kappa shape index (κ1) is 15.9. The third-order valence-corrected chi connectivity index (χ3v) is 3.39. The van der Waals surface area contributed by atoms with Crippen molar-refractivity contribution in [2.24, 2.45) is 11.0 Å². The van der Waals surface area contributed by atoms with E-state index < -0.39 is 5.03 Å². The third-order valence-electron chi connectivity index (χ3n) is 3.39. The van der Waals surface area contributed by atoms with E-state index in [1.54, 1.807) is 30.3 Å². The van der Waals surface area contributed by atoms with E-state index in [0.29, 0.717) is 25.3 Å². The van der Waals surface area contributed by atoms with Crippen molar-refractivity contribution < 1.29 is 14.6 Å². The van der Waals surface area contributed by atoms with Crippen LogP contribution in [-0.4, -0.2) is 48.6 Å². The molecule has 1 saturated heterocycles. The largest absolute Gasteiger partial charge is 0.381 e. The van der Waals surface area contributed by atoms with E-state index in [0.717, 1.165) is 11.3 Å². The smallest absolute Gasteiger partial charge is 0.278 e. The first-order valence-corrected chi connectivity index (χ1v) is 6.95. The van der Waals surface area contributed by atoms with Crippen molar-refractivity contribution in [3.63, 3.8) is 0 Å². The second-order valence-corrected chi connectivity index (χ2v) is 5.00. The van der Waals surface area contributed by atoms with Crippen LogP contribution in [0.1, 0.15) is 16.8 Å². The molecular formula is C14H18N4O4. The van der Waals surface area contributed by atoms with Crippen molar-refractivity contribution >= 4 is 11.9 Å². The Kier molecular flexibility index (Phi) is 5.42. The summed E-state index contributed by atoms with van der Waals surface area (Å²) in [6.45, 7) is 1.76. The molecule has 0 aromatic heterocycles. The summed E-state index contributed by atoms with van der Waals surface area (Å²) in [7, 11) is 1.45. The molecular weight excluding hydrogens is 288 g/mol. The maximum Gasteiger partial charge on any atom is 0.278 e. The molecule has 0 bridgehead atoms. The number of hydrogen-bond donors (Lipinski definition) is 1. The fraction of sp³-hybridized carbons (Fsp3) is 0.429. The number of amides is 1. The molecule has 1 N–H and O–H groups in total. The van der Waals surface area contributed by atoms with Gasteiger partial charge in [-0.15, -0.1) is 0 Å². The first-order valence-electron chi connectivity index (χ1n) is 6.95. The van der Waals surface area contributed by atoms with Gasteiger partial charge in [-0.3, -0.25) is 9.69 Å². The summed E-state index contributed by atoms with van der Waals surface area (Å²) in [6, 6.07) is 8.55. The second kappa shape index (κ2) is 7.51. The number of hydrazone groups is 1. The molecule has 1 unspecified atom stereocenters. The van der Waals surface area contributed by atoms with E-state index in [1.165, 1.54) is 7.05 Å². The molecule has 2 rings (SSSR count). The van der Waals surface area contributed by atoms with Crippen molar-refractivity contribution in [3.05, 3.63) is 46.0 Å². The lowest BCUT2D eigenvalue weighted by Crippen LogP contribution is -2.44. The highest BCUT2D eigenvalue weighted by molar-refractivity contribution is 6.05. The van der Waals surface area contributed by atoms with Gasteiger partial charge in [-0.05, 0) is 18.6 Å². The van der Waals surface area contributed by atoms with Gasteiger partial charge in [0.25, 0.3) is 11.9 Å². The van der Waals surface area contributed by atoms with Crippen LogP contribution in [0.25, 0.3) is 0 Å². The minimum atomic E-state index is -0.817. The number of nitrogens with one attached hydrogen (secondary N) is 1. The molecule has 0 radical (unpaired) electrons. The quantitative estimate of drug-likeness (QED) is 0.386. The maximum absolute atomic E-state index is 12.3. The van der Waals surface area contributed by atoms with Crippen molar-refractivity contribution in [3.8, 4) is 0 Å². The van der Waals surface area contributed by atoms with Gasteiger partial charge in [-0.2, -0.15) is 0 Å². The lowest BCUT2D eigenvalue weighted by Gasteiger charge is -2.19. The number of nitrogens with zero attached hydrogens (tertiary/aromatic N) is 3. The normalized spacial score (nSPS) is 18.0. The number of rotatable bonds is 4. The number of nitro groups is 1. The summed E-state index contributed by atoms with van der Waals surface area (Å²) >= 11 is 0. The molecule has 118 valence electrons. The lowest BCUT2D eigenvalue weighted by atomic mass is 10.1. The topological polar surface area (TPSA) is 97.1 Å². The fourth-order valence-corrected chi connectivity index (χ4v) is 2.15. The predicted octanol–water partition coefficient (Wildman–Crippen LogP) is 0.932. The highest BCUT2D eigenvalue weighted by Crippen LogP contribution is 2.11. The highest BCUT2D eigenvalue weighted by Gasteiger charge is 2.22. The zero-order chi connectivity index (χ0) is 15.9. The minimum absolute atomic E-state index is 0.0780. The van der Waals surface area contributed by atoms with Gasteiger partial charge >= 0.3 is 0 Å². The fourth-order valence-electron chi connectivity index (χ4n) is 2.15. The molecule has 1 atom stereocenters. The first-order chi connectivity index (χ1) is 10.6. The average molecular weight is 306 g/mol. The van der Waals surface area contributed by atoms with Crippen LogP contribution in [-0.2, 0) is 4.74 Å². The number of ether oxygens (including phenoxy) is 1. The number of guanidine groups is 1. The molecule has 8 nitrogen and oxygen atoms in total. The van der Waals surface area contributed by atoms with Gasteiger partial charge in [0.05, 0.1) is 6.61 Å². The second-order valence-electron chi connectivity index (χ2n) is 5.00. The zero-order valence-corrected chi connectivity index (χ0v) is 12.3. The van der Waals surface area contributed by atoms with Crippen LogP contribution in [0.15, 0.2) is 35.4 Å². The van der Waals surface area contributed by atoms with Crippen LogP contribution in [0, 0.1) is 16.0 Å². The Morgan fingerprint density at radius 1 is 1.50 bits per heavy atom. The van der Waals surface area contributed by atoms with E-state index in [1.807, 2.05) is 0 Å². The van der Waals surface area contributed by atoms with E-state index in [4.69, 9.17) is 4.74 Å². The van der Waals surface area contributed by atoms with E-state index in [2.05, 4.69) is 10.4 Å². The summed E-state index contributed by atoms with van der Waals surface area (Å²) in [5.41, 5.74) is 0.437. The standard InChI is InChI=1S/C14H18N4O4/c1-17(13(19)12-5-3-2-4-6-12)14(16-18(20)21)15-9-11-7-8-22-10-11/h2-6,11H,7-10H2,1H3,(H,15,16). The Morgan fingerprint density at radius 3 is 2.82 bits per heavy atom. The highest BCUT2D eigenvalue weighted by atomic mass is 16.7. The van der Waals surface area contributed by atoms with Crippen molar-refractivity contribution in [1.82, 2.24) is 10.2 Å². The van der Waals surface area contributed by atoms with Gasteiger partial charge in [0, 0.05) is 31.7 Å². The van der Waals surface area contributed by atoms with Crippen molar-refractivity contribution in [2.45, 2.75) is 6.42 Å². The lowest BCUT2D eigenvalue weighted by molar-refractivity contribution is -0.485. The van der Waals surface area contributed by atoms with Crippen LogP contribution in [0.4, 0.5) is 0 Å². The minimum Gasteiger partial charge on any atom is -0.381 e. The summed E-state index contributed by atoms with van der Waals surface area (Å²) in [5, 5.41) is 16.0. The van der Waals surface area contributed by atoms with Crippen LogP contribution >= 0.6 is 0 Å². The molecule has 8 heteroatoms. The third kappa shape index (κ3) is 4.26. The summed E-state index contributed by atoms with van der Waals surface area (Å²) < 4.78 is 5.25. The maximum atomic E-state index is 12.3. The summed E-state index contributed by atoms with van der Waals surface area (Å²) in [5.74, 6) is -0.181. The SMILES string of the molecule is CN(C(=O)c1ccccc1)/C(=N/[N+](=O)[O-])NCC1CCOC1. The molecule has 22 heavy (non-hydrogen) atoms. The molecule has 1 aromatic rings. The molecule has 1 heterocycles. The van der Waals surface area contributed by atoms with Gasteiger partial charge < -0.3 is 10.1 Å². The van der Waals surface area contributed by atoms with Crippen LogP contribution in [0.2, 0.25) is 0 Å². The summed E-state index contributed by atoms with van der Waals surface area (Å²) in [4.78, 5) is 24.2.